The van der Waals surface area contributed by atoms with E-state index >= 15 is 0 Å². The van der Waals surface area contributed by atoms with Gasteiger partial charge < -0.3 is 14.8 Å². The number of pyridine rings is 1. The molecule has 1 aliphatic carbocycles. The van der Waals surface area contributed by atoms with Crippen LogP contribution in [0.3, 0.4) is 0 Å². The van der Waals surface area contributed by atoms with Gasteiger partial charge in [0.15, 0.2) is 0 Å². The van der Waals surface area contributed by atoms with Crippen molar-refractivity contribution in [2.45, 2.75) is 57.9 Å². The van der Waals surface area contributed by atoms with E-state index in [9.17, 15) is 46.1 Å². The largest absolute Gasteiger partial charge is 0.507 e. The minimum atomic E-state index is -5.17. The number of fused-ring (bicyclic) bond motifs is 3. The number of aromatic hydroxyl groups is 1. The van der Waals surface area contributed by atoms with Crippen molar-refractivity contribution in [2.24, 2.45) is 23.7 Å². The van der Waals surface area contributed by atoms with Crippen molar-refractivity contribution in [2.75, 3.05) is 4.90 Å². The minimum Gasteiger partial charge on any atom is -0.507 e. The highest BCUT2D eigenvalue weighted by molar-refractivity contribution is 6.43. The first-order chi connectivity index (χ1) is 23.5. The van der Waals surface area contributed by atoms with Gasteiger partial charge in [-0.25, -0.2) is 4.90 Å². The van der Waals surface area contributed by atoms with Crippen LogP contribution >= 0.6 is 0 Å². The molecule has 3 aliphatic rings. The Hall–Kier alpha value is -4.43. The molecule has 2 aromatic carbocycles. The molecule has 50 heavy (non-hydrogen) atoms. The lowest BCUT2D eigenvalue weighted by atomic mass is 9.57. The number of hydrogen-bond acceptors (Lipinski definition) is 6. The zero-order valence-corrected chi connectivity index (χ0v) is 27.0. The van der Waals surface area contributed by atoms with Crippen LogP contribution in [-0.2, 0) is 26.6 Å². The summed E-state index contributed by atoms with van der Waals surface area (Å²) in [5.41, 5.74) is -0.645. The highest BCUT2D eigenvalue weighted by Crippen LogP contribution is 2.53. The van der Waals surface area contributed by atoms with Crippen LogP contribution in [0.4, 0.5) is 32.0 Å². The number of halogens is 6. The number of anilines is 1. The average Bonchev–Trinajstić information content (AvgIpc) is 3.31. The summed E-state index contributed by atoms with van der Waals surface area (Å²) in [5, 5.41) is 21.4. The molecule has 2 saturated heterocycles. The molecule has 1 aromatic heterocycles. The molecule has 3 aromatic rings. The van der Waals surface area contributed by atoms with Crippen LogP contribution in [0.5, 0.6) is 5.75 Å². The number of phenols is 1. The molecule has 2 amide bonds. The number of nitrogens with zero attached hydrogens (tertiary/aromatic N) is 2. The second-order valence-corrected chi connectivity index (χ2v) is 13.2. The summed E-state index contributed by atoms with van der Waals surface area (Å²) in [6, 6.07) is 12.9. The van der Waals surface area contributed by atoms with Gasteiger partial charge in [0.2, 0.25) is 11.8 Å². The predicted octanol–water partition coefficient (Wildman–Crippen LogP) is 7.80. The Morgan fingerprint density at radius 1 is 0.980 bits per heavy atom. The van der Waals surface area contributed by atoms with Crippen LogP contribution in [0, 0.1) is 23.7 Å². The first-order valence-corrected chi connectivity index (χ1v) is 16.2. The lowest BCUT2D eigenvalue weighted by molar-refractivity contribution is -0.143. The van der Waals surface area contributed by atoms with Crippen molar-refractivity contribution < 1.29 is 50.7 Å². The number of amides is 2. The van der Waals surface area contributed by atoms with E-state index in [0.29, 0.717) is 46.7 Å². The molecule has 0 spiro atoms. The number of aromatic nitrogens is 1. The molecule has 0 bridgehead atoms. The van der Waals surface area contributed by atoms with Crippen LogP contribution in [0.1, 0.15) is 55.5 Å². The first-order valence-electron chi connectivity index (χ1n) is 16.2. The summed E-state index contributed by atoms with van der Waals surface area (Å²) in [6.07, 6.45) is -7.05. The smallest absolute Gasteiger partial charge is 0.455 e. The molecule has 2 fully saturated rings. The lowest BCUT2D eigenvalue weighted by Gasteiger charge is -2.44. The van der Waals surface area contributed by atoms with Gasteiger partial charge in [-0.3, -0.25) is 14.6 Å². The summed E-state index contributed by atoms with van der Waals surface area (Å²) in [7, 11) is -1.36. The third-order valence-electron chi connectivity index (χ3n) is 9.71. The van der Waals surface area contributed by atoms with Gasteiger partial charge >= 0.3 is 19.5 Å². The van der Waals surface area contributed by atoms with E-state index in [0.717, 1.165) is 11.1 Å². The average molecular weight is 698 g/mol. The molecular formula is C36H33BF6N2O5. The van der Waals surface area contributed by atoms with Crippen molar-refractivity contribution in [1.82, 2.24) is 4.98 Å². The Morgan fingerprint density at radius 2 is 1.64 bits per heavy atom. The molecule has 4 atom stereocenters. The van der Waals surface area contributed by atoms with E-state index in [2.05, 4.69) is 4.98 Å². The van der Waals surface area contributed by atoms with E-state index in [1.807, 2.05) is 26.0 Å². The fourth-order valence-electron chi connectivity index (χ4n) is 7.48. The minimum absolute atomic E-state index is 0.0512. The monoisotopic (exact) mass is 698 g/mol. The van der Waals surface area contributed by atoms with E-state index in [1.54, 1.807) is 42.6 Å². The summed E-state index contributed by atoms with van der Waals surface area (Å²) in [6.45, 7) is 3.78. The number of carbonyl (C=O) groups excluding carboxylic acids is 2. The second-order valence-electron chi connectivity index (χ2n) is 13.2. The van der Waals surface area contributed by atoms with Gasteiger partial charge in [-0.05, 0) is 91.0 Å². The normalized spacial score (nSPS) is 23.1. The molecule has 3 heterocycles. The predicted molar refractivity (Wildman–Crippen MR) is 173 cm³/mol. The van der Waals surface area contributed by atoms with Crippen LogP contribution in [0.25, 0.3) is 11.6 Å². The van der Waals surface area contributed by atoms with E-state index in [-0.39, 0.29) is 30.5 Å². The van der Waals surface area contributed by atoms with Crippen LogP contribution in [-0.4, -0.2) is 40.2 Å². The quantitative estimate of drug-likeness (QED) is 0.113. The van der Waals surface area contributed by atoms with Crippen LogP contribution in [0.15, 0.2) is 78.0 Å². The zero-order valence-electron chi connectivity index (χ0n) is 27.0. The second kappa shape index (κ2) is 13.4. The highest BCUT2D eigenvalue weighted by atomic mass is 19.4. The Kier molecular flexibility index (Phi) is 9.46. The van der Waals surface area contributed by atoms with Gasteiger partial charge in [-0.1, -0.05) is 43.7 Å². The molecule has 14 heteroatoms. The number of rotatable bonds is 7. The van der Waals surface area contributed by atoms with Crippen LogP contribution < -0.4 is 4.90 Å². The Morgan fingerprint density at radius 3 is 2.24 bits per heavy atom. The van der Waals surface area contributed by atoms with Crippen molar-refractivity contribution in [1.29, 1.82) is 0 Å². The fourth-order valence-corrected chi connectivity index (χ4v) is 7.48. The topological polar surface area (TPSA) is 100.0 Å². The van der Waals surface area contributed by atoms with E-state index < -0.39 is 72.0 Å². The maximum absolute atomic E-state index is 14.1. The molecule has 0 unspecified atom stereocenters. The number of imide groups is 1. The number of phenolic OH excluding ortho intramolecular Hbond substituents is 1. The summed E-state index contributed by atoms with van der Waals surface area (Å²) in [5.74, 6) is -4.83. The van der Waals surface area contributed by atoms with Gasteiger partial charge in [0, 0.05) is 11.8 Å². The first kappa shape index (κ1) is 35.4. The third kappa shape index (κ3) is 6.83. The maximum atomic E-state index is 14.1. The molecule has 262 valence electrons. The zero-order chi connectivity index (χ0) is 36.1. The Bertz CT molecular complexity index is 1830. The SMILES string of the molecule is CC(C)C1=C2[C@@H](CC/C(=C/c3ccccc3O)c3ccccn3)OB(O)C[C@@H]2[C@@H]2C(=O)N(c3cc(C(F)(F)F)cc(C(F)(F)F)c3)C(=O)[C@@H]2C1. The van der Waals surface area contributed by atoms with Crippen LogP contribution in [0.2, 0.25) is 6.32 Å². The van der Waals surface area contributed by atoms with Crippen molar-refractivity contribution >= 4 is 36.3 Å². The van der Waals surface area contributed by atoms with Crippen molar-refractivity contribution in [3.8, 4) is 5.75 Å². The van der Waals surface area contributed by atoms with E-state index in [1.165, 1.54) is 0 Å². The number of para-hydroxylation sites is 1. The van der Waals surface area contributed by atoms with Gasteiger partial charge in [0.1, 0.15) is 5.75 Å². The third-order valence-corrected chi connectivity index (χ3v) is 9.71. The van der Waals surface area contributed by atoms with Gasteiger partial charge in [0.05, 0.1) is 40.4 Å². The molecular weight excluding hydrogens is 665 g/mol. The number of carbonyl (C=O) groups is 2. The van der Waals surface area contributed by atoms with Gasteiger partial charge in [0.25, 0.3) is 0 Å². The molecule has 0 saturated carbocycles. The summed E-state index contributed by atoms with van der Waals surface area (Å²) < 4.78 is 88.4. The molecule has 2 N–H and O–H groups in total. The standard InChI is InChI=1S/C36H33BF6N2O5/c1-19(2)25-17-26-32(34(48)45(33(26)47)24-15-22(35(38,39)40)14-23(16-24)36(41,42)43)27-18-37(49)50-30(31(25)27)11-10-20(28-8-5-6-12-44-28)13-21-7-3-4-9-29(21)46/h3-9,12-16,19,26-27,30,32,46,49H,10-11,17-18H2,1-2H3/b20-13-/t26-,27+,30-,32-/m1/s1. The summed E-state index contributed by atoms with van der Waals surface area (Å²) in [4.78, 5) is 32.8. The Labute approximate surface area is 284 Å². The van der Waals surface area contributed by atoms with Crippen molar-refractivity contribution in [3.63, 3.8) is 0 Å². The number of allylic oxidation sites excluding steroid dienone is 2. The molecule has 7 nitrogen and oxygen atoms in total. The van der Waals surface area contributed by atoms with E-state index in [4.69, 9.17) is 4.65 Å². The Balaban J connectivity index is 1.36. The maximum Gasteiger partial charge on any atom is 0.455 e. The molecule has 0 radical (unpaired) electrons. The molecule has 6 rings (SSSR count). The van der Waals surface area contributed by atoms with Gasteiger partial charge in [-0.2, -0.15) is 26.3 Å². The van der Waals surface area contributed by atoms with Gasteiger partial charge in [-0.15, -0.1) is 0 Å². The number of hydrogen-bond donors (Lipinski definition) is 2. The number of alkyl halides is 6. The number of benzene rings is 2. The lowest BCUT2D eigenvalue weighted by Crippen LogP contribution is -2.46. The molecule has 2 aliphatic heterocycles. The fraction of sp³-hybridized carbons (Fsp3) is 0.361. The van der Waals surface area contributed by atoms with Crippen molar-refractivity contribution in [3.05, 3.63) is 100 Å². The highest BCUT2D eigenvalue weighted by Gasteiger charge is 2.58. The summed E-state index contributed by atoms with van der Waals surface area (Å²) >= 11 is 0.